The van der Waals surface area contributed by atoms with Crippen LogP contribution in [0, 0.1) is 11.7 Å². The number of hydrogen-bond acceptors (Lipinski definition) is 4. The fraction of sp³-hybridized carbons (Fsp3) is 0.400. The van der Waals surface area contributed by atoms with Crippen LogP contribution in [0.1, 0.15) is 18.4 Å². The first kappa shape index (κ1) is 14.9. The number of carbonyl (C=O) groups is 1. The van der Waals surface area contributed by atoms with Crippen molar-refractivity contribution in [2.45, 2.75) is 31.8 Å². The van der Waals surface area contributed by atoms with Crippen LogP contribution in [0.5, 0.6) is 0 Å². The normalized spacial score (nSPS) is 15.5. The first-order chi connectivity index (χ1) is 10.5. The zero-order valence-electron chi connectivity index (χ0n) is 12.3. The Morgan fingerprint density at radius 3 is 2.73 bits per heavy atom. The van der Waals surface area contributed by atoms with E-state index in [1.807, 2.05) is 31.2 Å². The molecule has 6 nitrogen and oxygen atoms in total. The maximum atomic E-state index is 12.2. The largest absolute Gasteiger partial charge is 0.394 e. The quantitative estimate of drug-likeness (QED) is 0.731. The summed E-state index contributed by atoms with van der Waals surface area (Å²) >= 11 is 5.22. The summed E-state index contributed by atoms with van der Waals surface area (Å²) in [7, 11) is 0. The minimum absolute atomic E-state index is 0.0274. The molecule has 0 spiro atoms. The van der Waals surface area contributed by atoms with Crippen molar-refractivity contribution in [1.82, 2.24) is 20.1 Å². The van der Waals surface area contributed by atoms with Crippen molar-refractivity contribution in [2.75, 3.05) is 6.61 Å². The molecule has 0 radical (unpaired) electrons. The molecule has 22 heavy (non-hydrogen) atoms. The van der Waals surface area contributed by atoms with Crippen molar-refractivity contribution in [3.05, 3.63) is 34.6 Å². The molecule has 1 aliphatic carbocycles. The highest BCUT2D eigenvalue weighted by atomic mass is 32.1. The minimum Gasteiger partial charge on any atom is -0.394 e. The molecule has 1 fully saturated rings. The molecular weight excluding hydrogens is 300 g/mol. The number of nitrogens with zero attached hydrogens (tertiary/aromatic N) is 2. The van der Waals surface area contributed by atoms with Gasteiger partial charge >= 0.3 is 0 Å². The Morgan fingerprint density at radius 1 is 1.45 bits per heavy atom. The monoisotopic (exact) mass is 318 g/mol. The van der Waals surface area contributed by atoms with Crippen LogP contribution in [-0.2, 0) is 11.3 Å². The lowest BCUT2D eigenvalue weighted by molar-refractivity contribution is -0.123. The van der Waals surface area contributed by atoms with Crippen molar-refractivity contribution in [2.24, 2.45) is 0 Å². The van der Waals surface area contributed by atoms with Gasteiger partial charge in [-0.05, 0) is 32.0 Å². The number of amides is 1. The Kier molecular flexibility index (Phi) is 3.84. The Bertz CT molecular complexity index is 744. The lowest BCUT2D eigenvalue weighted by Crippen LogP contribution is -2.41. The fourth-order valence-corrected chi connectivity index (χ4v) is 2.54. The van der Waals surface area contributed by atoms with Gasteiger partial charge in [0.15, 0.2) is 10.6 Å². The number of carbonyl (C=O) groups excluding carboxylic acids is 1. The fourth-order valence-electron chi connectivity index (χ4n) is 2.34. The molecule has 1 aliphatic rings. The van der Waals surface area contributed by atoms with E-state index < -0.39 is 5.54 Å². The van der Waals surface area contributed by atoms with Crippen molar-refractivity contribution >= 4 is 18.1 Å². The number of benzene rings is 1. The molecular formula is C15H18N4O2S. The Hall–Kier alpha value is -1.99. The highest BCUT2D eigenvalue weighted by Gasteiger charge is 2.43. The zero-order valence-corrected chi connectivity index (χ0v) is 13.1. The summed E-state index contributed by atoms with van der Waals surface area (Å²) in [6.07, 6.45) is 1.63. The summed E-state index contributed by atoms with van der Waals surface area (Å²) in [4.78, 5) is 12.2. The number of nitrogens with one attached hydrogen (secondary N) is 2. The second-order valence-corrected chi connectivity index (χ2v) is 6.18. The molecule has 1 heterocycles. The Morgan fingerprint density at radius 2 is 2.14 bits per heavy atom. The average molecular weight is 318 g/mol. The summed E-state index contributed by atoms with van der Waals surface area (Å²) in [6.45, 7) is 2.07. The number of aliphatic hydroxyl groups excluding tert-OH is 1. The molecule has 0 saturated heterocycles. The van der Waals surface area contributed by atoms with Gasteiger partial charge in [0.2, 0.25) is 5.91 Å². The van der Waals surface area contributed by atoms with Crippen molar-refractivity contribution in [3.8, 4) is 11.4 Å². The molecule has 0 unspecified atom stereocenters. The highest BCUT2D eigenvalue weighted by molar-refractivity contribution is 7.71. The molecule has 116 valence electrons. The van der Waals surface area contributed by atoms with Crippen LogP contribution in [0.25, 0.3) is 11.4 Å². The number of aliphatic hydroxyl groups is 1. The van der Waals surface area contributed by atoms with E-state index in [-0.39, 0.29) is 19.1 Å². The molecule has 0 atom stereocenters. The van der Waals surface area contributed by atoms with E-state index in [2.05, 4.69) is 15.5 Å². The number of rotatable bonds is 5. The van der Waals surface area contributed by atoms with Crippen LogP contribution >= 0.6 is 12.2 Å². The molecule has 1 aromatic heterocycles. The SMILES string of the molecule is Cc1ccc(-c2n[nH]c(=S)n2CC(=O)NC2(CO)CC2)cc1. The highest BCUT2D eigenvalue weighted by Crippen LogP contribution is 2.34. The van der Waals surface area contributed by atoms with E-state index in [0.29, 0.717) is 10.6 Å². The van der Waals surface area contributed by atoms with E-state index in [1.165, 1.54) is 0 Å². The van der Waals surface area contributed by atoms with E-state index >= 15 is 0 Å². The molecule has 7 heteroatoms. The minimum atomic E-state index is -0.424. The van der Waals surface area contributed by atoms with Gasteiger partial charge in [-0.1, -0.05) is 29.8 Å². The first-order valence-corrected chi connectivity index (χ1v) is 7.58. The van der Waals surface area contributed by atoms with Gasteiger partial charge in [0.05, 0.1) is 12.1 Å². The lowest BCUT2D eigenvalue weighted by atomic mass is 10.1. The van der Waals surface area contributed by atoms with Gasteiger partial charge < -0.3 is 10.4 Å². The van der Waals surface area contributed by atoms with E-state index in [1.54, 1.807) is 4.57 Å². The van der Waals surface area contributed by atoms with E-state index in [0.717, 1.165) is 24.0 Å². The number of aryl methyl sites for hydroxylation is 1. The van der Waals surface area contributed by atoms with Crippen LogP contribution in [0.2, 0.25) is 0 Å². The molecule has 1 aromatic carbocycles. The van der Waals surface area contributed by atoms with Crippen LogP contribution in [-0.4, -0.2) is 37.9 Å². The number of H-pyrrole nitrogens is 1. The smallest absolute Gasteiger partial charge is 0.240 e. The van der Waals surface area contributed by atoms with E-state index in [9.17, 15) is 9.90 Å². The van der Waals surface area contributed by atoms with Crippen molar-refractivity contribution < 1.29 is 9.90 Å². The van der Waals surface area contributed by atoms with Gasteiger partial charge in [-0.15, -0.1) is 0 Å². The molecule has 0 bridgehead atoms. The van der Waals surface area contributed by atoms with E-state index in [4.69, 9.17) is 12.2 Å². The third-order valence-electron chi connectivity index (χ3n) is 3.93. The van der Waals surface area contributed by atoms with Crippen LogP contribution < -0.4 is 5.32 Å². The summed E-state index contributed by atoms with van der Waals surface area (Å²) in [5.74, 6) is 0.464. The summed E-state index contributed by atoms with van der Waals surface area (Å²) < 4.78 is 2.07. The summed E-state index contributed by atoms with van der Waals surface area (Å²) in [5.41, 5.74) is 1.63. The predicted octanol–water partition coefficient (Wildman–Crippen LogP) is 1.56. The lowest BCUT2D eigenvalue weighted by Gasteiger charge is -2.15. The van der Waals surface area contributed by atoms with Gasteiger partial charge in [-0.2, -0.15) is 5.10 Å². The molecule has 1 amide bonds. The number of aromatic amines is 1. The molecule has 0 aliphatic heterocycles. The van der Waals surface area contributed by atoms with Gasteiger partial charge in [-0.3, -0.25) is 14.5 Å². The molecule has 2 aromatic rings. The van der Waals surface area contributed by atoms with Gasteiger partial charge in [0.25, 0.3) is 0 Å². The maximum Gasteiger partial charge on any atom is 0.240 e. The van der Waals surface area contributed by atoms with Gasteiger partial charge in [0.1, 0.15) is 6.54 Å². The maximum absolute atomic E-state index is 12.2. The molecule has 1 saturated carbocycles. The Balaban J connectivity index is 1.82. The standard InChI is InChI=1S/C15H18N4O2S/c1-10-2-4-11(5-3-10)13-17-18-14(22)19(13)8-12(21)16-15(9-20)6-7-15/h2-5,20H,6-9H2,1H3,(H,16,21)(H,18,22). The average Bonchev–Trinajstić information content (AvgIpc) is 3.19. The number of hydrogen-bond donors (Lipinski definition) is 3. The zero-order chi connectivity index (χ0) is 15.7. The predicted molar refractivity (Wildman–Crippen MR) is 84.8 cm³/mol. The van der Waals surface area contributed by atoms with Crippen LogP contribution in [0.15, 0.2) is 24.3 Å². The number of aromatic nitrogens is 3. The van der Waals surface area contributed by atoms with Crippen LogP contribution in [0.3, 0.4) is 0 Å². The Labute approximate surface area is 133 Å². The van der Waals surface area contributed by atoms with Crippen molar-refractivity contribution in [1.29, 1.82) is 0 Å². The third-order valence-corrected chi connectivity index (χ3v) is 4.24. The van der Waals surface area contributed by atoms with Gasteiger partial charge in [-0.25, -0.2) is 0 Å². The second-order valence-electron chi connectivity index (χ2n) is 5.79. The summed E-state index contributed by atoms with van der Waals surface area (Å²) in [6, 6.07) is 7.88. The second kappa shape index (κ2) is 5.66. The van der Waals surface area contributed by atoms with Crippen LogP contribution in [0.4, 0.5) is 0 Å². The summed E-state index contributed by atoms with van der Waals surface area (Å²) in [5, 5.41) is 19.1. The third kappa shape index (κ3) is 2.95. The molecule has 3 rings (SSSR count). The molecule has 3 N–H and O–H groups in total. The topological polar surface area (TPSA) is 82.9 Å². The first-order valence-electron chi connectivity index (χ1n) is 7.17. The van der Waals surface area contributed by atoms with Crippen molar-refractivity contribution in [3.63, 3.8) is 0 Å². The van der Waals surface area contributed by atoms with Gasteiger partial charge in [0, 0.05) is 5.56 Å².